The van der Waals surface area contributed by atoms with Crippen molar-refractivity contribution in [3.63, 3.8) is 0 Å². The highest BCUT2D eigenvalue weighted by Gasteiger charge is 2.20. The van der Waals surface area contributed by atoms with Crippen molar-refractivity contribution in [1.82, 2.24) is 4.90 Å². The minimum atomic E-state index is -0.624. The number of benzene rings is 3. The fourth-order valence-electron chi connectivity index (χ4n) is 4.43. The van der Waals surface area contributed by atoms with Crippen LogP contribution in [0.2, 0.25) is 0 Å². The van der Waals surface area contributed by atoms with Gasteiger partial charge in [-0.15, -0.1) is 11.8 Å². The summed E-state index contributed by atoms with van der Waals surface area (Å²) >= 11 is 1.50. The van der Waals surface area contributed by atoms with Gasteiger partial charge in [0.05, 0.1) is 25.3 Å². The van der Waals surface area contributed by atoms with Gasteiger partial charge in [-0.3, -0.25) is 14.5 Å². The van der Waals surface area contributed by atoms with Crippen LogP contribution in [0.25, 0.3) is 0 Å². The molecule has 36 heavy (non-hydrogen) atoms. The zero-order chi connectivity index (χ0) is 25.7. The number of hydrogen-bond acceptors (Lipinski definition) is 6. The molecule has 3 N–H and O–H groups in total. The molecule has 188 valence electrons. The lowest BCUT2D eigenvalue weighted by molar-refractivity contribution is 0.0977. The molecule has 0 unspecified atom stereocenters. The molecule has 1 aliphatic heterocycles. The first-order valence-corrected chi connectivity index (χ1v) is 13.0. The Morgan fingerprint density at radius 3 is 2.31 bits per heavy atom. The van der Waals surface area contributed by atoms with Crippen LogP contribution in [0.4, 0.5) is 5.69 Å². The molecule has 0 aliphatic carbocycles. The van der Waals surface area contributed by atoms with E-state index in [0.29, 0.717) is 5.69 Å². The van der Waals surface area contributed by atoms with Crippen LogP contribution in [-0.2, 0) is 19.4 Å². The number of thioether (sulfide) groups is 1. The van der Waals surface area contributed by atoms with Gasteiger partial charge in [0.25, 0.3) is 5.91 Å². The Labute approximate surface area is 216 Å². The number of nitrogens with zero attached hydrogens (tertiary/aromatic N) is 1. The number of ether oxygens (including phenoxy) is 2. The SMILES string of the molecule is COc1cc2c(cc1OC)CN(CCc1ccc(NC(=O)c3cc(SC)ccc3C(N)=O)cc1)CC2. The van der Waals surface area contributed by atoms with E-state index in [1.165, 1.54) is 28.5 Å². The number of hydrogen-bond donors (Lipinski definition) is 2. The summed E-state index contributed by atoms with van der Waals surface area (Å²) in [4.78, 5) is 28.0. The van der Waals surface area contributed by atoms with Crippen molar-refractivity contribution in [1.29, 1.82) is 0 Å². The van der Waals surface area contributed by atoms with Gasteiger partial charge < -0.3 is 20.5 Å². The molecule has 0 saturated carbocycles. The van der Waals surface area contributed by atoms with Crippen molar-refractivity contribution >= 4 is 29.3 Å². The third-order valence-electron chi connectivity index (χ3n) is 6.46. The number of anilines is 1. The Morgan fingerprint density at radius 2 is 1.67 bits per heavy atom. The highest BCUT2D eigenvalue weighted by molar-refractivity contribution is 7.98. The number of carbonyl (C=O) groups excluding carboxylic acids is 2. The third-order valence-corrected chi connectivity index (χ3v) is 7.19. The molecule has 0 fully saturated rings. The van der Waals surface area contributed by atoms with Crippen molar-refractivity contribution in [2.45, 2.75) is 24.3 Å². The van der Waals surface area contributed by atoms with Gasteiger partial charge in [0.1, 0.15) is 0 Å². The second kappa shape index (κ2) is 11.5. The summed E-state index contributed by atoms with van der Waals surface area (Å²) in [5.74, 6) is 0.561. The number of methoxy groups -OCH3 is 2. The van der Waals surface area contributed by atoms with Gasteiger partial charge in [-0.2, -0.15) is 0 Å². The molecule has 0 atom stereocenters. The van der Waals surface area contributed by atoms with Crippen LogP contribution in [0.5, 0.6) is 11.5 Å². The first-order valence-electron chi connectivity index (χ1n) is 11.8. The van der Waals surface area contributed by atoms with Crippen molar-refractivity contribution < 1.29 is 19.1 Å². The summed E-state index contributed by atoms with van der Waals surface area (Å²) in [6.07, 6.45) is 3.79. The zero-order valence-corrected chi connectivity index (χ0v) is 21.6. The van der Waals surface area contributed by atoms with Crippen LogP contribution in [0, 0.1) is 0 Å². The number of primary amides is 1. The number of fused-ring (bicyclic) bond motifs is 1. The molecular weight excluding hydrogens is 474 g/mol. The Balaban J connectivity index is 1.36. The van der Waals surface area contributed by atoms with Gasteiger partial charge in [-0.25, -0.2) is 0 Å². The monoisotopic (exact) mass is 505 g/mol. The second-order valence-electron chi connectivity index (χ2n) is 8.68. The van der Waals surface area contributed by atoms with Gasteiger partial charge in [-0.1, -0.05) is 12.1 Å². The average molecular weight is 506 g/mol. The molecule has 1 aliphatic rings. The Kier molecular flexibility index (Phi) is 8.18. The minimum Gasteiger partial charge on any atom is -0.493 e. The normalized spacial score (nSPS) is 13.1. The topological polar surface area (TPSA) is 93.9 Å². The average Bonchev–Trinajstić information content (AvgIpc) is 2.91. The van der Waals surface area contributed by atoms with Crippen LogP contribution in [0.3, 0.4) is 0 Å². The van der Waals surface area contributed by atoms with E-state index in [-0.39, 0.29) is 17.0 Å². The van der Waals surface area contributed by atoms with Crippen LogP contribution >= 0.6 is 11.8 Å². The Bertz CT molecular complexity index is 1260. The lowest BCUT2D eigenvalue weighted by atomic mass is 9.98. The second-order valence-corrected chi connectivity index (χ2v) is 9.56. The molecule has 0 bridgehead atoms. The smallest absolute Gasteiger partial charge is 0.256 e. The van der Waals surface area contributed by atoms with Crippen molar-refractivity contribution in [3.8, 4) is 11.5 Å². The van der Waals surface area contributed by atoms with Crippen LogP contribution in [-0.4, -0.2) is 50.3 Å². The van der Waals surface area contributed by atoms with Crippen LogP contribution in [0.15, 0.2) is 59.5 Å². The van der Waals surface area contributed by atoms with Gasteiger partial charge >= 0.3 is 0 Å². The van der Waals surface area contributed by atoms with Crippen molar-refractivity contribution in [3.05, 3.63) is 82.4 Å². The predicted molar refractivity (Wildman–Crippen MR) is 143 cm³/mol. The van der Waals surface area contributed by atoms with E-state index in [2.05, 4.69) is 22.3 Å². The van der Waals surface area contributed by atoms with Crippen molar-refractivity contribution in [2.75, 3.05) is 38.9 Å². The van der Waals surface area contributed by atoms with E-state index in [1.54, 1.807) is 32.4 Å². The molecule has 8 heteroatoms. The molecule has 4 rings (SSSR count). The molecule has 3 aromatic carbocycles. The minimum absolute atomic E-state index is 0.209. The fourth-order valence-corrected chi connectivity index (χ4v) is 4.87. The molecule has 7 nitrogen and oxygen atoms in total. The van der Waals surface area contributed by atoms with Gasteiger partial charge in [-0.05, 0) is 78.3 Å². The number of nitrogens with one attached hydrogen (secondary N) is 1. The first kappa shape index (κ1) is 25.6. The molecule has 0 saturated heterocycles. The summed E-state index contributed by atoms with van der Waals surface area (Å²) in [5.41, 5.74) is 10.4. The number of rotatable bonds is 9. The summed E-state index contributed by atoms with van der Waals surface area (Å²) in [5, 5.41) is 2.88. The summed E-state index contributed by atoms with van der Waals surface area (Å²) < 4.78 is 10.9. The molecule has 0 radical (unpaired) electrons. The first-order chi connectivity index (χ1) is 17.4. The predicted octanol–water partition coefficient (Wildman–Crippen LogP) is 4.38. The highest BCUT2D eigenvalue weighted by Crippen LogP contribution is 2.33. The van der Waals surface area contributed by atoms with Gasteiger partial charge in [0, 0.05) is 30.2 Å². The quantitative estimate of drug-likeness (QED) is 0.419. The summed E-state index contributed by atoms with van der Waals surface area (Å²) in [6.45, 7) is 2.80. The van der Waals surface area contributed by atoms with Crippen molar-refractivity contribution in [2.24, 2.45) is 5.73 Å². The van der Waals surface area contributed by atoms with Crippen LogP contribution < -0.4 is 20.5 Å². The highest BCUT2D eigenvalue weighted by atomic mass is 32.2. The van der Waals surface area contributed by atoms with E-state index < -0.39 is 5.91 Å². The number of amides is 2. The molecule has 0 spiro atoms. The van der Waals surface area contributed by atoms with Gasteiger partial charge in [0.2, 0.25) is 5.91 Å². The van der Waals surface area contributed by atoms with E-state index in [9.17, 15) is 9.59 Å². The molecule has 3 aromatic rings. The maximum Gasteiger partial charge on any atom is 0.256 e. The van der Waals surface area contributed by atoms with E-state index in [0.717, 1.165) is 48.9 Å². The fraction of sp³-hybridized carbons (Fsp3) is 0.286. The standard InChI is InChI=1S/C28H31N3O4S/c1-34-25-14-19-11-13-31(17-20(19)15-26(25)35-2)12-10-18-4-6-21(7-5-18)30-28(33)24-16-22(36-3)8-9-23(24)27(29)32/h4-9,14-16H,10-13,17H2,1-3H3,(H2,29,32)(H,30,33). The number of nitrogens with two attached hydrogens (primary N) is 1. The lowest BCUT2D eigenvalue weighted by Gasteiger charge is -2.29. The Morgan fingerprint density at radius 1 is 0.972 bits per heavy atom. The van der Waals surface area contributed by atoms with Crippen LogP contribution in [0.1, 0.15) is 37.4 Å². The largest absolute Gasteiger partial charge is 0.493 e. The summed E-state index contributed by atoms with van der Waals surface area (Å²) in [7, 11) is 3.33. The van der Waals surface area contributed by atoms with E-state index in [1.807, 2.05) is 30.5 Å². The maximum atomic E-state index is 12.9. The third kappa shape index (κ3) is 5.83. The molecular formula is C28H31N3O4S. The lowest BCUT2D eigenvalue weighted by Crippen LogP contribution is -2.32. The van der Waals surface area contributed by atoms with E-state index >= 15 is 0 Å². The van der Waals surface area contributed by atoms with E-state index in [4.69, 9.17) is 15.2 Å². The number of carbonyl (C=O) groups is 2. The molecule has 1 heterocycles. The molecule has 0 aromatic heterocycles. The van der Waals surface area contributed by atoms with Gasteiger partial charge in [0.15, 0.2) is 11.5 Å². The zero-order valence-electron chi connectivity index (χ0n) is 20.8. The molecule has 2 amide bonds. The summed E-state index contributed by atoms with van der Waals surface area (Å²) in [6, 6.07) is 17.1. The maximum absolute atomic E-state index is 12.9. The Hall–Kier alpha value is -3.49.